The minimum atomic E-state index is -2.72. The van der Waals surface area contributed by atoms with Gasteiger partial charge in [0.25, 0.3) is 0 Å². The number of hydrogen-bond donors (Lipinski definition) is 2. The second kappa shape index (κ2) is 12.6. The van der Waals surface area contributed by atoms with E-state index in [9.17, 15) is 0 Å². The maximum Gasteiger partial charge on any atom is 0.501 e. The van der Waals surface area contributed by atoms with E-state index in [2.05, 4.69) is 45.9 Å². The average Bonchev–Trinajstić information content (AvgIpc) is 2.72. The van der Waals surface area contributed by atoms with Crippen molar-refractivity contribution in [1.82, 2.24) is 0 Å². The van der Waals surface area contributed by atoms with E-state index in [1.165, 1.54) is 5.56 Å². The van der Waals surface area contributed by atoms with E-state index < -0.39 is 14.3 Å². The van der Waals surface area contributed by atoms with Crippen molar-refractivity contribution in [2.24, 2.45) is 11.5 Å². The third-order valence-electron chi connectivity index (χ3n) is 4.83. The molecular formula is C21H40N2O3Si. The maximum atomic E-state index is 6.59. The SMILES string of the molecule is CCCO[Si](CCc1ccccc1C(N)(CC)CN)(OCCC)OCCC. The number of benzene rings is 1. The molecule has 1 unspecified atom stereocenters. The summed E-state index contributed by atoms with van der Waals surface area (Å²) in [4.78, 5) is 0. The summed E-state index contributed by atoms with van der Waals surface area (Å²) < 4.78 is 18.7. The molecule has 1 aromatic rings. The lowest BCUT2D eigenvalue weighted by Gasteiger charge is -2.32. The minimum Gasteiger partial charge on any atom is -0.373 e. The molecule has 0 aliphatic heterocycles. The largest absolute Gasteiger partial charge is 0.501 e. The van der Waals surface area contributed by atoms with Crippen LogP contribution in [0.5, 0.6) is 0 Å². The van der Waals surface area contributed by atoms with Crippen LogP contribution in [0, 0.1) is 0 Å². The van der Waals surface area contributed by atoms with Crippen molar-refractivity contribution < 1.29 is 13.3 Å². The standard InChI is InChI=1S/C21H40N2O3Si/c1-5-14-24-27(25-15-6-2,26-16-7-3)17-13-19-11-9-10-12-20(19)21(23,8-4)18-22/h9-12H,5-8,13-18,22-23H2,1-4H3. The van der Waals surface area contributed by atoms with E-state index in [0.717, 1.165) is 43.7 Å². The number of hydrogen-bond acceptors (Lipinski definition) is 5. The first-order chi connectivity index (χ1) is 13.0. The number of nitrogens with two attached hydrogens (primary N) is 2. The summed E-state index contributed by atoms with van der Waals surface area (Å²) in [6.07, 6.45) is 4.47. The van der Waals surface area contributed by atoms with Gasteiger partial charge in [-0.2, -0.15) is 0 Å². The van der Waals surface area contributed by atoms with Crippen LogP contribution in [0.15, 0.2) is 24.3 Å². The quantitative estimate of drug-likeness (QED) is 0.439. The predicted octanol–water partition coefficient (Wildman–Crippen LogP) is 3.97. The summed E-state index contributed by atoms with van der Waals surface area (Å²) in [5, 5.41) is 0. The second-order valence-electron chi connectivity index (χ2n) is 7.10. The Morgan fingerprint density at radius 3 is 1.85 bits per heavy atom. The Hall–Kier alpha value is -0.763. The highest BCUT2D eigenvalue weighted by Crippen LogP contribution is 2.28. The van der Waals surface area contributed by atoms with Crippen LogP contribution in [0.25, 0.3) is 0 Å². The fourth-order valence-corrected chi connectivity index (χ4v) is 5.87. The molecule has 0 saturated heterocycles. The fourth-order valence-electron chi connectivity index (χ4n) is 3.07. The number of aryl methyl sites for hydroxylation is 1. The molecule has 0 amide bonds. The van der Waals surface area contributed by atoms with Crippen molar-refractivity contribution in [2.45, 2.75) is 71.4 Å². The van der Waals surface area contributed by atoms with Gasteiger partial charge in [0.15, 0.2) is 0 Å². The van der Waals surface area contributed by atoms with Crippen LogP contribution < -0.4 is 11.5 Å². The molecule has 4 N–H and O–H groups in total. The Bertz CT molecular complexity index is 502. The highest BCUT2D eigenvalue weighted by molar-refractivity contribution is 6.60. The van der Waals surface area contributed by atoms with Crippen LogP contribution in [0.2, 0.25) is 6.04 Å². The van der Waals surface area contributed by atoms with Crippen molar-refractivity contribution in [2.75, 3.05) is 26.4 Å². The normalized spacial score (nSPS) is 14.3. The van der Waals surface area contributed by atoms with E-state index in [1.807, 2.05) is 6.07 Å². The molecule has 27 heavy (non-hydrogen) atoms. The molecule has 0 bridgehead atoms. The predicted molar refractivity (Wildman–Crippen MR) is 115 cm³/mol. The Morgan fingerprint density at radius 2 is 1.41 bits per heavy atom. The lowest BCUT2D eigenvalue weighted by molar-refractivity contribution is 0.0593. The molecule has 0 fully saturated rings. The molecule has 1 aromatic carbocycles. The van der Waals surface area contributed by atoms with Crippen LogP contribution in [0.4, 0.5) is 0 Å². The Kier molecular flexibility index (Phi) is 11.4. The van der Waals surface area contributed by atoms with Gasteiger partial charge in [-0.15, -0.1) is 0 Å². The molecule has 0 saturated carbocycles. The molecule has 1 atom stereocenters. The second-order valence-corrected chi connectivity index (χ2v) is 9.83. The molecule has 0 spiro atoms. The summed E-state index contributed by atoms with van der Waals surface area (Å²) >= 11 is 0. The van der Waals surface area contributed by atoms with E-state index in [-0.39, 0.29) is 0 Å². The zero-order valence-corrected chi connectivity index (χ0v) is 18.8. The van der Waals surface area contributed by atoms with Crippen molar-refractivity contribution in [3.05, 3.63) is 35.4 Å². The third-order valence-corrected chi connectivity index (χ3v) is 7.62. The van der Waals surface area contributed by atoms with Crippen LogP contribution in [0.3, 0.4) is 0 Å². The van der Waals surface area contributed by atoms with Crippen molar-refractivity contribution in [3.8, 4) is 0 Å². The maximum absolute atomic E-state index is 6.59. The van der Waals surface area contributed by atoms with Gasteiger partial charge in [0.2, 0.25) is 0 Å². The summed E-state index contributed by atoms with van der Waals surface area (Å²) in [6, 6.07) is 9.09. The van der Waals surface area contributed by atoms with Crippen LogP contribution >= 0.6 is 0 Å². The summed E-state index contributed by atoms with van der Waals surface area (Å²) in [6.45, 7) is 10.8. The van der Waals surface area contributed by atoms with Gasteiger partial charge in [0.1, 0.15) is 0 Å². The number of rotatable bonds is 15. The highest BCUT2D eigenvalue weighted by Gasteiger charge is 2.41. The molecule has 0 heterocycles. The topological polar surface area (TPSA) is 79.7 Å². The summed E-state index contributed by atoms with van der Waals surface area (Å²) in [5.74, 6) is 0. The molecule has 0 aromatic heterocycles. The first-order valence-electron chi connectivity index (χ1n) is 10.5. The molecule has 5 nitrogen and oxygen atoms in total. The highest BCUT2D eigenvalue weighted by atomic mass is 28.4. The Labute approximate surface area is 167 Å². The molecular weight excluding hydrogens is 356 g/mol. The molecule has 156 valence electrons. The van der Waals surface area contributed by atoms with Gasteiger partial charge in [-0.3, -0.25) is 0 Å². The fraction of sp³-hybridized carbons (Fsp3) is 0.714. The smallest absolute Gasteiger partial charge is 0.373 e. The Balaban J connectivity index is 3.05. The zero-order chi connectivity index (χ0) is 20.2. The van der Waals surface area contributed by atoms with Gasteiger partial charge in [0, 0.05) is 32.4 Å². The van der Waals surface area contributed by atoms with Crippen LogP contribution in [-0.2, 0) is 25.2 Å². The van der Waals surface area contributed by atoms with Gasteiger partial charge in [-0.25, -0.2) is 0 Å². The van der Waals surface area contributed by atoms with Crippen molar-refractivity contribution in [3.63, 3.8) is 0 Å². The third kappa shape index (κ3) is 7.29. The van der Waals surface area contributed by atoms with E-state index >= 15 is 0 Å². The van der Waals surface area contributed by atoms with Crippen LogP contribution in [-0.4, -0.2) is 35.2 Å². The van der Waals surface area contributed by atoms with Crippen LogP contribution in [0.1, 0.15) is 64.5 Å². The van der Waals surface area contributed by atoms with E-state index in [0.29, 0.717) is 26.4 Å². The lowest BCUT2D eigenvalue weighted by atomic mass is 9.84. The first-order valence-corrected chi connectivity index (χ1v) is 12.4. The monoisotopic (exact) mass is 396 g/mol. The molecule has 0 aliphatic rings. The van der Waals surface area contributed by atoms with Gasteiger partial charge < -0.3 is 24.7 Å². The van der Waals surface area contributed by atoms with Gasteiger partial charge in [-0.05, 0) is 43.2 Å². The molecule has 1 rings (SSSR count). The average molecular weight is 397 g/mol. The van der Waals surface area contributed by atoms with Gasteiger partial charge >= 0.3 is 8.80 Å². The Morgan fingerprint density at radius 1 is 0.889 bits per heavy atom. The summed E-state index contributed by atoms with van der Waals surface area (Å²) in [7, 11) is -2.72. The van der Waals surface area contributed by atoms with Gasteiger partial charge in [-0.1, -0.05) is 52.0 Å². The van der Waals surface area contributed by atoms with E-state index in [4.69, 9.17) is 24.7 Å². The minimum absolute atomic E-state index is 0.425. The van der Waals surface area contributed by atoms with Gasteiger partial charge in [0.05, 0.1) is 5.54 Å². The molecule has 6 heteroatoms. The van der Waals surface area contributed by atoms with Crippen molar-refractivity contribution >= 4 is 8.80 Å². The zero-order valence-electron chi connectivity index (χ0n) is 17.8. The van der Waals surface area contributed by atoms with Crippen molar-refractivity contribution in [1.29, 1.82) is 0 Å². The van der Waals surface area contributed by atoms with E-state index in [1.54, 1.807) is 0 Å². The molecule has 0 radical (unpaired) electrons. The lowest BCUT2D eigenvalue weighted by Crippen LogP contribution is -2.47. The summed E-state index contributed by atoms with van der Waals surface area (Å²) in [5.41, 5.74) is 14.4. The molecule has 0 aliphatic carbocycles. The first kappa shape index (κ1) is 24.3.